The molecule has 4 rings (SSSR count). The highest BCUT2D eigenvalue weighted by atomic mass is 16.5. The number of rotatable bonds is 4. The molecule has 0 unspecified atom stereocenters. The molecule has 0 aromatic carbocycles. The number of aryl methyl sites for hydroxylation is 3. The zero-order valence-corrected chi connectivity index (χ0v) is 15.2. The van der Waals surface area contributed by atoms with Crippen molar-refractivity contribution in [2.24, 2.45) is 12.5 Å². The molecule has 2 aromatic heterocycles. The Balaban J connectivity index is 1.41. The van der Waals surface area contributed by atoms with Gasteiger partial charge in [0.05, 0.1) is 18.4 Å². The lowest BCUT2D eigenvalue weighted by Gasteiger charge is -2.24. The fraction of sp³-hybridized carbons (Fsp3) is 0.611. The van der Waals surface area contributed by atoms with Crippen LogP contribution in [0.25, 0.3) is 0 Å². The predicted molar refractivity (Wildman–Crippen MR) is 91.5 cm³/mol. The summed E-state index contributed by atoms with van der Waals surface area (Å²) in [5, 5.41) is 8.25. The number of nitrogens with zero attached hydrogens (tertiary/aromatic N) is 5. The normalized spacial score (nSPS) is 24.1. The highest BCUT2D eigenvalue weighted by Crippen LogP contribution is 2.41. The van der Waals surface area contributed by atoms with Gasteiger partial charge < -0.3 is 9.42 Å². The van der Waals surface area contributed by atoms with Crippen LogP contribution in [0.3, 0.4) is 0 Å². The molecule has 0 saturated carbocycles. The molecule has 0 bridgehead atoms. The van der Waals surface area contributed by atoms with Gasteiger partial charge in [0.25, 0.3) is 0 Å². The summed E-state index contributed by atoms with van der Waals surface area (Å²) in [7, 11) is 1.94. The monoisotopic (exact) mass is 343 g/mol. The molecule has 25 heavy (non-hydrogen) atoms. The van der Waals surface area contributed by atoms with Gasteiger partial charge in [0.1, 0.15) is 5.76 Å². The first kappa shape index (κ1) is 16.3. The lowest BCUT2D eigenvalue weighted by Crippen LogP contribution is -2.31. The quantitative estimate of drug-likeness (QED) is 0.844. The topological polar surface area (TPSA) is 67.4 Å². The van der Waals surface area contributed by atoms with Gasteiger partial charge >= 0.3 is 0 Å². The third-order valence-electron chi connectivity index (χ3n) is 5.62. The molecule has 134 valence electrons. The molecule has 1 spiro atoms. The van der Waals surface area contributed by atoms with E-state index in [0.717, 1.165) is 49.6 Å². The number of likely N-dealkylation sites (tertiary alicyclic amines) is 2. The molecule has 2 aliphatic rings. The minimum Gasteiger partial charge on any atom is -0.361 e. The minimum absolute atomic E-state index is 0.0955. The van der Waals surface area contributed by atoms with E-state index < -0.39 is 0 Å². The van der Waals surface area contributed by atoms with Crippen LogP contribution < -0.4 is 0 Å². The van der Waals surface area contributed by atoms with E-state index in [-0.39, 0.29) is 11.3 Å². The molecule has 0 aliphatic carbocycles. The number of hydrogen-bond acceptors (Lipinski definition) is 5. The summed E-state index contributed by atoms with van der Waals surface area (Å²) < 4.78 is 7.08. The van der Waals surface area contributed by atoms with Gasteiger partial charge in [0.15, 0.2) is 0 Å². The van der Waals surface area contributed by atoms with Crippen LogP contribution in [-0.4, -0.2) is 50.3 Å². The molecule has 7 nitrogen and oxygen atoms in total. The molecule has 0 N–H and O–H groups in total. The van der Waals surface area contributed by atoms with Gasteiger partial charge in [0, 0.05) is 55.8 Å². The third-order valence-corrected chi connectivity index (χ3v) is 5.62. The lowest BCUT2D eigenvalue weighted by molar-refractivity contribution is -0.128. The molecule has 2 saturated heterocycles. The standard InChI is InChI=1S/C18H25N5O2/c1-13-16(14(2)25-20-13)10-23-12-18(6-17(23)24)4-5-22(11-18)9-15-7-19-21(3)8-15/h7-8H,4-6,9-12H2,1-3H3/t18-/m0/s1. The fourth-order valence-electron chi connectivity index (χ4n) is 4.29. The Hall–Kier alpha value is -2.15. The summed E-state index contributed by atoms with van der Waals surface area (Å²) in [5.41, 5.74) is 3.26. The first-order valence-corrected chi connectivity index (χ1v) is 8.84. The van der Waals surface area contributed by atoms with Crippen molar-refractivity contribution >= 4 is 5.91 Å². The van der Waals surface area contributed by atoms with E-state index in [4.69, 9.17) is 4.52 Å². The van der Waals surface area contributed by atoms with E-state index in [0.29, 0.717) is 13.0 Å². The van der Waals surface area contributed by atoms with Gasteiger partial charge in [0.2, 0.25) is 5.91 Å². The maximum Gasteiger partial charge on any atom is 0.223 e. The number of aromatic nitrogens is 3. The molecule has 0 radical (unpaired) electrons. The average Bonchev–Trinajstić information content (AvgIpc) is 3.29. The smallest absolute Gasteiger partial charge is 0.223 e. The van der Waals surface area contributed by atoms with Crippen molar-refractivity contribution in [3.8, 4) is 0 Å². The van der Waals surface area contributed by atoms with Crippen molar-refractivity contribution in [1.29, 1.82) is 0 Å². The average molecular weight is 343 g/mol. The maximum atomic E-state index is 12.6. The van der Waals surface area contributed by atoms with Gasteiger partial charge in [-0.2, -0.15) is 5.10 Å². The Labute approximate surface area is 147 Å². The fourth-order valence-corrected chi connectivity index (χ4v) is 4.29. The van der Waals surface area contributed by atoms with Crippen molar-refractivity contribution in [3.63, 3.8) is 0 Å². The summed E-state index contributed by atoms with van der Waals surface area (Å²) in [6.07, 6.45) is 5.72. The molecule has 2 aliphatic heterocycles. The highest BCUT2D eigenvalue weighted by molar-refractivity contribution is 5.79. The van der Waals surface area contributed by atoms with Crippen LogP contribution in [0.4, 0.5) is 0 Å². The predicted octanol–water partition coefficient (Wildman–Crippen LogP) is 1.65. The third kappa shape index (κ3) is 3.08. The largest absolute Gasteiger partial charge is 0.361 e. The Kier molecular flexibility index (Phi) is 3.91. The molecule has 1 amide bonds. The number of carbonyl (C=O) groups is 1. The SMILES string of the molecule is Cc1noc(C)c1CN1C[C@@]2(CCN(Cc3cnn(C)c3)C2)CC1=O. The Morgan fingerprint density at radius 3 is 2.80 bits per heavy atom. The second kappa shape index (κ2) is 5.98. The van der Waals surface area contributed by atoms with Gasteiger partial charge in [-0.3, -0.25) is 14.4 Å². The van der Waals surface area contributed by atoms with Crippen LogP contribution in [0.5, 0.6) is 0 Å². The van der Waals surface area contributed by atoms with Gasteiger partial charge in [-0.15, -0.1) is 0 Å². The van der Waals surface area contributed by atoms with Crippen molar-refractivity contribution < 1.29 is 9.32 Å². The first-order chi connectivity index (χ1) is 11.9. The van der Waals surface area contributed by atoms with Crippen molar-refractivity contribution in [1.82, 2.24) is 24.7 Å². The summed E-state index contributed by atoms with van der Waals surface area (Å²) >= 11 is 0. The van der Waals surface area contributed by atoms with Crippen molar-refractivity contribution in [2.45, 2.75) is 39.8 Å². The van der Waals surface area contributed by atoms with Crippen LogP contribution in [0.2, 0.25) is 0 Å². The van der Waals surface area contributed by atoms with Gasteiger partial charge in [-0.1, -0.05) is 5.16 Å². The van der Waals surface area contributed by atoms with Gasteiger partial charge in [-0.05, 0) is 26.8 Å². The summed E-state index contributed by atoms with van der Waals surface area (Å²) in [6, 6.07) is 0. The zero-order chi connectivity index (χ0) is 17.6. The van der Waals surface area contributed by atoms with E-state index in [2.05, 4.69) is 21.4 Å². The number of amides is 1. The van der Waals surface area contributed by atoms with Crippen LogP contribution in [0.1, 0.15) is 35.4 Å². The second-order valence-corrected chi connectivity index (χ2v) is 7.71. The first-order valence-electron chi connectivity index (χ1n) is 8.84. The van der Waals surface area contributed by atoms with Crippen molar-refractivity contribution in [2.75, 3.05) is 19.6 Å². The molecular formula is C18H25N5O2. The Bertz CT molecular complexity index is 776. The van der Waals surface area contributed by atoms with Crippen LogP contribution >= 0.6 is 0 Å². The molecule has 2 aromatic rings. The zero-order valence-electron chi connectivity index (χ0n) is 15.2. The van der Waals surface area contributed by atoms with E-state index in [1.165, 1.54) is 5.56 Å². The second-order valence-electron chi connectivity index (χ2n) is 7.71. The highest BCUT2D eigenvalue weighted by Gasteiger charge is 2.47. The van der Waals surface area contributed by atoms with Crippen LogP contribution in [-0.2, 0) is 24.9 Å². The van der Waals surface area contributed by atoms with E-state index in [1.54, 1.807) is 0 Å². The maximum absolute atomic E-state index is 12.6. The number of hydrogen-bond donors (Lipinski definition) is 0. The molecule has 2 fully saturated rings. The summed E-state index contributed by atoms with van der Waals surface area (Å²) in [4.78, 5) is 17.0. The summed E-state index contributed by atoms with van der Waals surface area (Å²) in [5.74, 6) is 1.07. The molecule has 7 heteroatoms. The Morgan fingerprint density at radius 1 is 1.28 bits per heavy atom. The van der Waals surface area contributed by atoms with E-state index in [1.807, 2.05) is 36.7 Å². The minimum atomic E-state index is 0.0955. The molecule has 1 atom stereocenters. The van der Waals surface area contributed by atoms with E-state index in [9.17, 15) is 4.79 Å². The van der Waals surface area contributed by atoms with Crippen LogP contribution in [0, 0.1) is 19.3 Å². The Morgan fingerprint density at radius 2 is 2.12 bits per heavy atom. The van der Waals surface area contributed by atoms with E-state index >= 15 is 0 Å². The van der Waals surface area contributed by atoms with Crippen molar-refractivity contribution in [3.05, 3.63) is 35.0 Å². The van der Waals surface area contributed by atoms with Gasteiger partial charge in [-0.25, -0.2) is 0 Å². The summed E-state index contributed by atoms with van der Waals surface area (Å²) in [6.45, 7) is 8.23. The molecular weight excluding hydrogens is 318 g/mol. The lowest BCUT2D eigenvalue weighted by atomic mass is 9.86. The molecule has 4 heterocycles. The van der Waals surface area contributed by atoms with Crippen LogP contribution in [0.15, 0.2) is 16.9 Å². The number of carbonyl (C=O) groups excluding carboxylic acids is 1.